The largest absolute Gasteiger partial charge is 0.355 e. The minimum atomic E-state index is -0.208. The van der Waals surface area contributed by atoms with Gasteiger partial charge in [0.1, 0.15) is 11.9 Å². The average Bonchev–Trinajstić information content (AvgIpc) is 2.40. The zero-order chi connectivity index (χ0) is 12.1. The Balaban J connectivity index is 2.15. The fourth-order valence-corrected chi connectivity index (χ4v) is 1.94. The van der Waals surface area contributed by atoms with Gasteiger partial charge < -0.3 is 15.5 Å². The predicted molar refractivity (Wildman–Crippen MR) is 64.7 cm³/mol. The summed E-state index contributed by atoms with van der Waals surface area (Å²) in [5.41, 5.74) is 0. The van der Waals surface area contributed by atoms with Gasteiger partial charge in [0.05, 0.1) is 6.20 Å². The van der Waals surface area contributed by atoms with Crippen LogP contribution in [-0.2, 0) is 4.79 Å². The normalized spacial score (nSPS) is 20.1. The molecular weight excluding hydrogens is 218 g/mol. The second-order valence-corrected chi connectivity index (χ2v) is 3.87. The molecule has 0 radical (unpaired) electrons. The third-order valence-corrected chi connectivity index (χ3v) is 2.74. The fourth-order valence-electron chi connectivity index (χ4n) is 1.94. The lowest BCUT2D eigenvalue weighted by Crippen LogP contribution is -2.58. The quantitative estimate of drug-likeness (QED) is 0.731. The number of nitrogens with one attached hydrogen (secondary N) is 2. The lowest BCUT2D eigenvalue weighted by molar-refractivity contribution is -0.122. The van der Waals surface area contributed by atoms with Gasteiger partial charge in [-0.2, -0.15) is 0 Å². The molecule has 6 heteroatoms. The minimum absolute atomic E-state index is 0.0327. The van der Waals surface area contributed by atoms with Crippen molar-refractivity contribution in [2.45, 2.75) is 13.0 Å². The van der Waals surface area contributed by atoms with Gasteiger partial charge in [-0.25, -0.2) is 4.98 Å². The van der Waals surface area contributed by atoms with Crippen LogP contribution in [0.3, 0.4) is 0 Å². The van der Waals surface area contributed by atoms with Gasteiger partial charge >= 0.3 is 0 Å². The second kappa shape index (κ2) is 5.58. The van der Waals surface area contributed by atoms with Crippen molar-refractivity contribution in [3.05, 3.63) is 18.6 Å². The number of nitrogens with zero attached hydrogens (tertiary/aromatic N) is 3. The summed E-state index contributed by atoms with van der Waals surface area (Å²) in [6.07, 6.45) is 4.97. The topological polar surface area (TPSA) is 70.2 Å². The molecule has 1 aliphatic rings. The van der Waals surface area contributed by atoms with E-state index < -0.39 is 0 Å². The van der Waals surface area contributed by atoms with E-state index in [0.717, 1.165) is 18.9 Å². The Hall–Kier alpha value is -1.69. The van der Waals surface area contributed by atoms with Crippen molar-refractivity contribution in [1.29, 1.82) is 0 Å². The van der Waals surface area contributed by atoms with Crippen molar-refractivity contribution in [1.82, 2.24) is 20.6 Å². The van der Waals surface area contributed by atoms with E-state index >= 15 is 0 Å². The molecule has 1 saturated heterocycles. The van der Waals surface area contributed by atoms with E-state index in [-0.39, 0.29) is 11.9 Å². The monoisotopic (exact) mass is 235 g/mol. The number of carbonyl (C=O) groups excluding carboxylic acids is 1. The molecule has 17 heavy (non-hydrogen) atoms. The number of piperazine rings is 1. The van der Waals surface area contributed by atoms with Crippen molar-refractivity contribution in [3.8, 4) is 0 Å². The van der Waals surface area contributed by atoms with E-state index in [1.54, 1.807) is 18.6 Å². The zero-order valence-corrected chi connectivity index (χ0v) is 9.89. The summed E-state index contributed by atoms with van der Waals surface area (Å²) in [6, 6.07) is -0.208. The Morgan fingerprint density at radius 2 is 2.53 bits per heavy atom. The van der Waals surface area contributed by atoms with Gasteiger partial charge in [0, 0.05) is 38.6 Å². The lowest BCUT2D eigenvalue weighted by Gasteiger charge is -2.35. The van der Waals surface area contributed by atoms with Crippen LogP contribution in [0.2, 0.25) is 0 Å². The highest BCUT2D eigenvalue weighted by Crippen LogP contribution is 2.13. The van der Waals surface area contributed by atoms with Crippen LogP contribution in [0.1, 0.15) is 6.92 Å². The molecule has 1 fully saturated rings. The van der Waals surface area contributed by atoms with Gasteiger partial charge in [0.25, 0.3) is 0 Å². The van der Waals surface area contributed by atoms with E-state index in [1.165, 1.54) is 0 Å². The van der Waals surface area contributed by atoms with Gasteiger partial charge in [-0.1, -0.05) is 0 Å². The number of anilines is 1. The van der Waals surface area contributed by atoms with Crippen LogP contribution in [0.5, 0.6) is 0 Å². The Bertz CT molecular complexity index is 369. The van der Waals surface area contributed by atoms with Crippen molar-refractivity contribution in [3.63, 3.8) is 0 Å². The molecule has 1 unspecified atom stereocenters. The van der Waals surface area contributed by atoms with Gasteiger partial charge in [0.2, 0.25) is 5.91 Å². The maximum Gasteiger partial charge on any atom is 0.244 e. The number of likely N-dealkylation sites (N-methyl/N-ethyl adjacent to an activating group) is 1. The Kier molecular flexibility index (Phi) is 3.87. The van der Waals surface area contributed by atoms with Crippen molar-refractivity contribution in [2.24, 2.45) is 0 Å². The van der Waals surface area contributed by atoms with Crippen LogP contribution >= 0.6 is 0 Å². The van der Waals surface area contributed by atoms with E-state index in [1.807, 2.05) is 11.8 Å². The molecule has 92 valence electrons. The minimum Gasteiger partial charge on any atom is -0.355 e. The molecular formula is C11H17N5O. The predicted octanol–water partition coefficient (Wildman–Crippen LogP) is -0.609. The summed E-state index contributed by atoms with van der Waals surface area (Å²) in [7, 11) is 0. The Morgan fingerprint density at radius 1 is 1.65 bits per heavy atom. The molecule has 0 saturated carbocycles. The highest BCUT2D eigenvalue weighted by atomic mass is 16.2. The number of hydrogen-bond donors (Lipinski definition) is 2. The van der Waals surface area contributed by atoms with Gasteiger partial charge in [0.15, 0.2) is 0 Å². The van der Waals surface area contributed by atoms with Crippen molar-refractivity contribution >= 4 is 11.7 Å². The molecule has 1 aromatic heterocycles. The van der Waals surface area contributed by atoms with E-state index in [2.05, 4.69) is 20.6 Å². The summed E-state index contributed by atoms with van der Waals surface area (Å²) in [4.78, 5) is 22.2. The number of rotatable bonds is 3. The highest BCUT2D eigenvalue weighted by Gasteiger charge is 2.29. The standard InChI is InChI=1S/C11H17N5O/c1-2-14-11(17)9-7-13-5-6-16(9)10-8-12-3-4-15-10/h3-4,8-9,13H,2,5-7H2,1H3,(H,14,17). The molecule has 1 atom stereocenters. The summed E-state index contributed by atoms with van der Waals surface area (Å²) in [6.45, 7) is 4.82. The van der Waals surface area contributed by atoms with Crippen molar-refractivity contribution < 1.29 is 4.79 Å². The third kappa shape index (κ3) is 2.71. The molecule has 0 aliphatic carbocycles. The number of carbonyl (C=O) groups is 1. The molecule has 2 heterocycles. The van der Waals surface area contributed by atoms with Crippen LogP contribution in [-0.4, -0.2) is 48.1 Å². The molecule has 2 N–H and O–H groups in total. The first kappa shape index (κ1) is 11.8. The maximum atomic E-state index is 11.9. The van der Waals surface area contributed by atoms with E-state index in [0.29, 0.717) is 13.1 Å². The number of aromatic nitrogens is 2. The summed E-state index contributed by atoms with van der Waals surface area (Å²) < 4.78 is 0. The van der Waals surface area contributed by atoms with Gasteiger partial charge in [-0.05, 0) is 6.92 Å². The first-order valence-electron chi connectivity index (χ1n) is 5.84. The Morgan fingerprint density at radius 3 is 3.24 bits per heavy atom. The van der Waals surface area contributed by atoms with Gasteiger partial charge in [-0.3, -0.25) is 9.78 Å². The van der Waals surface area contributed by atoms with Crippen molar-refractivity contribution in [2.75, 3.05) is 31.1 Å². The SMILES string of the molecule is CCNC(=O)C1CNCCN1c1cnccn1. The van der Waals surface area contributed by atoms with Crippen LogP contribution in [0.25, 0.3) is 0 Å². The first-order valence-corrected chi connectivity index (χ1v) is 5.84. The third-order valence-electron chi connectivity index (χ3n) is 2.74. The molecule has 2 rings (SSSR count). The van der Waals surface area contributed by atoms with Crippen LogP contribution < -0.4 is 15.5 Å². The summed E-state index contributed by atoms with van der Waals surface area (Å²) in [5, 5.41) is 6.07. The smallest absolute Gasteiger partial charge is 0.244 e. The fraction of sp³-hybridized carbons (Fsp3) is 0.545. The lowest BCUT2D eigenvalue weighted by atomic mass is 10.2. The summed E-state index contributed by atoms with van der Waals surface area (Å²) >= 11 is 0. The first-order chi connectivity index (χ1) is 8.33. The zero-order valence-electron chi connectivity index (χ0n) is 9.89. The molecule has 1 aliphatic heterocycles. The Labute approximate surface area is 100 Å². The summed E-state index contributed by atoms with van der Waals surface area (Å²) in [5.74, 6) is 0.788. The second-order valence-electron chi connectivity index (χ2n) is 3.87. The number of amides is 1. The van der Waals surface area contributed by atoms with Gasteiger partial charge in [-0.15, -0.1) is 0 Å². The van der Waals surface area contributed by atoms with Crippen LogP contribution in [0.15, 0.2) is 18.6 Å². The van der Waals surface area contributed by atoms with Crippen LogP contribution in [0, 0.1) is 0 Å². The molecule has 6 nitrogen and oxygen atoms in total. The average molecular weight is 235 g/mol. The molecule has 1 aromatic rings. The molecule has 0 spiro atoms. The maximum absolute atomic E-state index is 11.9. The van der Waals surface area contributed by atoms with Crippen LogP contribution in [0.4, 0.5) is 5.82 Å². The van der Waals surface area contributed by atoms with E-state index in [4.69, 9.17) is 0 Å². The number of hydrogen-bond acceptors (Lipinski definition) is 5. The molecule has 1 amide bonds. The molecule has 0 aromatic carbocycles. The van der Waals surface area contributed by atoms with E-state index in [9.17, 15) is 4.79 Å². The molecule has 0 bridgehead atoms. The highest BCUT2D eigenvalue weighted by molar-refractivity contribution is 5.85.